The molecule has 1 saturated heterocycles. The maximum atomic E-state index is 11.2. The first kappa shape index (κ1) is 14.5. The minimum Gasteiger partial charge on any atom is -0.396 e. The molecule has 0 bridgehead atoms. The van der Waals surface area contributed by atoms with Crippen molar-refractivity contribution in [2.75, 3.05) is 18.1 Å². The van der Waals surface area contributed by atoms with Gasteiger partial charge in [-0.1, -0.05) is 0 Å². The van der Waals surface area contributed by atoms with Crippen molar-refractivity contribution in [2.45, 2.75) is 31.7 Å². The van der Waals surface area contributed by atoms with Crippen molar-refractivity contribution in [3.05, 3.63) is 31.9 Å². The van der Waals surface area contributed by atoms with E-state index in [0.29, 0.717) is 11.7 Å². The first-order valence-corrected chi connectivity index (χ1v) is 7.53. The molecule has 1 N–H and O–H groups in total. The number of benzene rings is 1. The second-order valence-electron chi connectivity index (χ2n) is 4.75. The Balaban J connectivity index is 2.27. The standard InChI is InChI=1S/C13H17IN2O3/c14-10-5-6-12(13(9-10)16(18)19)15-7-1-3-11(15)4-2-8-17/h5-6,9,11,17H,1-4,7-8H2. The molecule has 104 valence electrons. The zero-order chi connectivity index (χ0) is 13.8. The van der Waals surface area contributed by atoms with E-state index in [1.54, 1.807) is 6.07 Å². The Kier molecular flexibility index (Phi) is 4.98. The molecule has 1 heterocycles. The first-order valence-electron chi connectivity index (χ1n) is 6.45. The van der Waals surface area contributed by atoms with Gasteiger partial charge >= 0.3 is 0 Å². The maximum absolute atomic E-state index is 11.2. The second-order valence-corrected chi connectivity index (χ2v) is 5.99. The van der Waals surface area contributed by atoms with Gasteiger partial charge in [-0.3, -0.25) is 10.1 Å². The summed E-state index contributed by atoms with van der Waals surface area (Å²) in [7, 11) is 0. The summed E-state index contributed by atoms with van der Waals surface area (Å²) in [6.45, 7) is 1.04. The summed E-state index contributed by atoms with van der Waals surface area (Å²) in [5.41, 5.74) is 0.897. The van der Waals surface area contributed by atoms with Gasteiger partial charge in [0.15, 0.2) is 0 Å². The predicted octanol–water partition coefficient (Wildman–Crippen LogP) is 2.94. The van der Waals surface area contributed by atoms with Gasteiger partial charge in [-0.25, -0.2) is 0 Å². The highest BCUT2D eigenvalue weighted by Crippen LogP contribution is 2.35. The fourth-order valence-electron chi connectivity index (χ4n) is 2.67. The highest BCUT2D eigenvalue weighted by Gasteiger charge is 2.29. The lowest BCUT2D eigenvalue weighted by Crippen LogP contribution is -2.29. The van der Waals surface area contributed by atoms with Gasteiger partial charge in [-0.15, -0.1) is 0 Å². The lowest BCUT2D eigenvalue weighted by Gasteiger charge is -2.26. The van der Waals surface area contributed by atoms with Gasteiger partial charge in [-0.05, 0) is 60.4 Å². The molecule has 1 atom stereocenters. The molecule has 0 radical (unpaired) electrons. The number of nitro groups is 1. The fraction of sp³-hybridized carbons (Fsp3) is 0.538. The van der Waals surface area contributed by atoms with Crippen molar-refractivity contribution in [2.24, 2.45) is 0 Å². The molecule has 0 aliphatic carbocycles. The first-order chi connectivity index (χ1) is 9.13. The van der Waals surface area contributed by atoms with Crippen LogP contribution in [0.5, 0.6) is 0 Å². The third-order valence-corrected chi connectivity index (χ3v) is 4.19. The van der Waals surface area contributed by atoms with Gasteiger partial charge in [-0.2, -0.15) is 0 Å². The average Bonchev–Trinajstić information content (AvgIpc) is 2.84. The Bertz CT molecular complexity index is 467. The molecule has 1 aromatic rings. The van der Waals surface area contributed by atoms with Crippen molar-refractivity contribution < 1.29 is 10.0 Å². The van der Waals surface area contributed by atoms with Gasteiger partial charge in [0, 0.05) is 28.8 Å². The van der Waals surface area contributed by atoms with E-state index in [9.17, 15) is 10.1 Å². The molecule has 1 unspecified atom stereocenters. The highest BCUT2D eigenvalue weighted by molar-refractivity contribution is 14.1. The van der Waals surface area contributed by atoms with E-state index in [0.717, 1.165) is 35.8 Å². The number of aliphatic hydroxyl groups is 1. The van der Waals surface area contributed by atoms with Gasteiger partial charge in [0.05, 0.1) is 4.92 Å². The summed E-state index contributed by atoms with van der Waals surface area (Å²) in [6.07, 6.45) is 3.74. The van der Waals surface area contributed by atoms with Crippen molar-refractivity contribution in [3.8, 4) is 0 Å². The van der Waals surface area contributed by atoms with Crippen LogP contribution in [-0.4, -0.2) is 29.2 Å². The lowest BCUT2D eigenvalue weighted by atomic mass is 10.1. The van der Waals surface area contributed by atoms with Crippen molar-refractivity contribution in [1.82, 2.24) is 0 Å². The van der Waals surface area contributed by atoms with E-state index < -0.39 is 0 Å². The molecule has 2 rings (SSSR count). The molecule has 5 nitrogen and oxygen atoms in total. The number of aliphatic hydroxyl groups excluding tert-OH is 1. The Morgan fingerprint density at radius 2 is 2.32 bits per heavy atom. The van der Waals surface area contributed by atoms with Crippen LogP contribution in [0, 0.1) is 13.7 Å². The van der Waals surface area contributed by atoms with Crippen molar-refractivity contribution in [3.63, 3.8) is 0 Å². The van der Waals surface area contributed by atoms with Crippen LogP contribution in [0.4, 0.5) is 11.4 Å². The van der Waals surface area contributed by atoms with Gasteiger partial charge in [0.25, 0.3) is 5.69 Å². The molecule has 0 aromatic heterocycles. The van der Waals surface area contributed by atoms with E-state index >= 15 is 0 Å². The smallest absolute Gasteiger partial charge is 0.293 e. The minimum absolute atomic E-state index is 0.180. The molecular formula is C13H17IN2O3. The summed E-state index contributed by atoms with van der Waals surface area (Å²) in [6, 6.07) is 5.68. The molecule has 1 fully saturated rings. The summed E-state index contributed by atoms with van der Waals surface area (Å²) >= 11 is 2.09. The molecule has 1 aromatic carbocycles. The van der Waals surface area contributed by atoms with E-state index in [1.165, 1.54) is 0 Å². The SMILES string of the molecule is O=[N+]([O-])c1cc(I)ccc1N1CCCC1CCCO. The monoisotopic (exact) mass is 376 g/mol. The molecule has 0 amide bonds. The molecule has 0 spiro atoms. The fourth-order valence-corrected chi connectivity index (χ4v) is 3.14. The van der Waals surface area contributed by atoms with Crippen LogP contribution in [-0.2, 0) is 0 Å². The molecule has 1 aliphatic rings. The van der Waals surface area contributed by atoms with Crippen LogP contribution in [0.2, 0.25) is 0 Å². The number of nitro benzene ring substituents is 1. The van der Waals surface area contributed by atoms with Gasteiger partial charge < -0.3 is 10.0 Å². The maximum Gasteiger partial charge on any atom is 0.293 e. The zero-order valence-corrected chi connectivity index (χ0v) is 12.7. The number of rotatable bonds is 5. The molecular weight excluding hydrogens is 359 g/mol. The van der Waals surface area contributed by atoms with Crippen molar-refractivity contribution >= 4 is 34.0 Å². The van der Waals surface area contributed by atoms with Crippen molar-refractivity contribution in [1.29, 1.82) is 0 Å². The summed E-state index contributed by atoms with van der Waals surface area (Å²) in [5.74, 6) is 0. The highest BCUT2D eigenvalue weighted by atomic mass is 127. The Morgan fingerprint density at radius 1 is 1.53 bits per heavy atom. The normalized spacial score (nSPS) is 18.8. The Labute approximate surface area is 125 Å². The second kappa shape index (κ2) is 6.51. The molecule has 6 heteroatoms. The number of halogens is 1. The predicted molar refractivity (Wildman–Crippen MR) is 82.5 cm³/mol. The quantitative estimate of drug-likeness (QED) is 0.488. The van der Waals surface area contributed by atoms with Crippen LogP contribution in [0.15, 0.2) is 18.2 Å². The molecule has 1 aliphatic heterocycles. The molecule has 0 saturated carbocycles. The molecule has 19 heavy (non-hydrogen) atoms. The van der Waals surface area contributed by atoms with E-state index in [1.807, 2.05) is 12.1 Å². The number of anilines is 1. The number of hydrogen-bond donors (Lipinski definition) is 1. The van der Waals surface area contributed by atoms with E-state index in [2.05, 4.69) is 27.5 Å². The van der Waals surface area contributed by atoms with E-state index in [4.69, 9.17) is 5.11 Å². The van der Waals surface area contributed by atoms with E-state index in [-0.39, 0.29) is 17.2 Å². The summed E-state index contributed by atoms with van der Waals surface area (Å²) < 4.78 is 0.874. The van der Waals surface area contributed by atoms with Gasteiger partial charge in [0.1, 0.15) is 5.69 Å². The largest absolute Gasteiger partial charge is 0.396 e. The Hall–Kier alpha value is -0.890. The third-order valence-electron chi connectivity index (χ3n) is 3.52. The van der Waals surface area contributed by atoms with Gasteiger partial charge in [0.2, 0.25) is 0 Å². The summed E-state index contributed by atoms with van der Waals surface area (Å²) in [5, 5.41) is 20.1. The van der Waals surface area contributed by atoms with Crippen LogP contribution < -0.4 is 4.90 Å². The zero-order valence-electron chi connectivity index (χ0n) is 10.6. The van der Waals surface area contributed by atoms with Crippen LogP contribution in [0.25, 0.3) is 0 Å². The van der Waals surface area contributed by atoms with Crippen LogP contribution in [0.3, 0.4) is 0 Å². The Morgan fingerprint density at radius 3 is 3.00 bits per heavy atom. The minimum atomic E-state index is -0.307. The average molecular weight is 376 g/mol. The van der Waals surface area contributed by atoms with Crippen LogP contribution >= 0.6 is 22.6 Å². The lowest BCUT2D eigenvalue weighted by molar-refractivity contribution is -0.384. The summed E-state index contributed by atoms with van der Waals surface area (Å²) in [4.78, 5) is 13.0. The number of nitrogens with zero attached hydrogens (tertiary/aromatic N) is 2. The number of hydrogen-bond acceptors (Lipinski definition) is 4. The van der Waals surface area contributed by atoms with Crippen LogP contribution in [0.1, 0.15) is 25.7 Å². The topological polar surface area (TPSA) is 66.6 Å². The third kappa shape index (κ3) is 3.36.